The predicted octanol–water partition coefficient (Wildman–Crippen LogP) is 3.86. The standard InChI is InChI=1S/C25H34N2O4/c1-19(20-6-8-21(29-2)9-7-20)24(18-27-15-4-5-16-27)26-25(28)14-17-31-23-12-10-22(30-3)11-13-23/h6-13,19,24H,4-5,14-18H2,1-3H3,(H,26,28)/t19-,24-/m1/s1. The van der Waals surface area contributed by atoms with Gasteiger partial charge in [0.2, 0.25) is 5.91 Å². The van der Waals surface area contributed by atoms with E-state index in [4.69, 9.17) is 14.2 Å². The first-order valence-corrected chi connectivity index (χ1v) is 11.0. The van der Waals surface area contributed by atoms with Crippen LogP contribution in [0.2, 0.25) is 0 Å². The zero-order valence-corrected chi connectivity index (χ0v) is 18.8. The van der Waals surface area contributed by atoms with Gasteiger partial charge in [0.05, 0.1) is 27.2 Å². The van der Waals surface area contributed by atoms with E-state index in [1.807, 2.05) is 36.4 Å². The van der Waals surface area contributed by atoms with Gasteiger partial charge in [-0.05, 0) is 67.9 Å². The molecule has 0 bridgehead atoms. The average molecular weight is 427 g/mol. The minimum absolute atomic E-state index is 0.0121. The number of hydrogen-bond acceptors (Lipinski definition) is 5. The molecule has 0 aliphatic carbocycles. The van der Waals surface area contributed by atoms with Crippen LogP contribution in [0.1, 0.15) is 37.7 Å². The van der Waals surface area contributed by atoms with Crippen molar-refractivity contribution in [1.82, 2.24) is 10.2 Å². The number of carbonyl (C=O) groups excluding carboxylic acids is 1. The molecule has 168 valence electrons. The summed E-state index contributed by atoms with van der Waals surface area (Å²) < 4.78 is 16.1. The number of benzene rings is 2. The highest BCUT2D eigenvalue weighted by Gasteiger charge is 2.25. The highest BCUT2D eigenvalue weighted by atomic mass is 16.5. The molecule has 2 aromatic carbocycles. The Morgan fingerprint density at radius 3 is 2.06 bits per heavy atom. The molecule has 1 aliphatic heterocycles. The number of likely N-dealkylation sites (tertiary alicyclic amines) is 1. The van der Waals surface area contributed by atoms with Gasteiger partial charge in [0.25, 0.3) is 0 Å². The Morgan fingerprint density at radius 2 is 1.48 bits per heavy atom. The lowest BCUT2D eigenvalue weighted by Crippen LogP contribution is -2.46. The van der Waals surface area contributed by atoms with E-state index in [0.717, 1.165) is 36.9 Å². The Morgan fingerprint density at radius 1 is 0.935 bits per heavy atom. The van der Waals surface area contributed by atoms with Gasteiger partial charge in [-0.2, -0.15) is 0 Å². The Bertz CT molecular complexity index is 801. The molecular weight excluding hydrogens is 392 g/mol. The van der Waals surface area contributed by atoms with Crippen LogP contribution in [0.25, 0.3) is 0 Å². The first-order valence-electron chi connectivity index (χ1n) is 11.0. The van der Waals surface area contributed by atoms with Crippen molar-refractivity contribution in [3.8, 4) is 17.2 Å². The number of rotatable bonds is 11. The van der Waals surface area contributed by atoms with Crippen LogP contribution in [0.3, 0.4) is 0 Å². The molecule has 2 atom stereocenters. The smallest absolute Gasteiger partial charge is 0.223 e. The summed E-state index contributed by atoms with van der Waals surface area (Å²) in [5.74, 6) is 2.55. The predicted molar refractivity (Wildman–Crippen MR) is 122 cm³/mol. The molecule has 1 fully saturated rings. The van der Waals surface area contributed by atoms with E-state index >= 15 is 0 Å². The molecule has 3 rings (SSSR count). The van der Waals surface area contributed by atoms with E-state index < -0.39 is 0 Å². The highest BCUT2D eigenvalue weighted by molar-refractivity contribution is 5.76. The lowest BCUT2D eigenvalue weighted by molar-refractivity contribution is -0.122. The molecule has 31 heavy (non-hydrogen) atoms. The number of nitrogens with one attached hydrogen (secondary N) is 1. The van der Waals surface area contributed by atoms with Gasteiger partial charge in [0, 0.05) is 18.5 Å². The SMILES string of the molecule is COc1ccc(OCCC(=O)N[C@H](CN2CCCC2)[C@H](C)c2ccc(OC)cc2)cc1. The number of hydrogen-bond donors (Lipinski definition) is 1. The van der Waals surface area contributed by atoms with Gasteiger partial charge in [-0.3, -0.25) is 4.79 Å². The van der Waals surface area contributed by atoms with Crippen LogP contribution in [-0.4, -0.2) is 57.3 Å². The summed E-state index contributed by atoms with van der Waals surface area (Å²) in [5.41, 5.74) is 1.19. The second-order valence-electron chi connectivity index (χ2n) is 8.02. The average Bonchev–Trinajstić information content (AvgIpc) is 3.32. The van der Waals surface area contributed by atoms with Crippen LogP contribution in [-0.2, 0) is 4.79 Å². The van der Waals surface area contributed by atoms with Crippen molar-refractivity contribution >= 4 is 5.91 Å². The topological polar surface area (TPSA) is 60.0 Å². The normalized spacial score (nSPS) is 15.8. The number of amides is 1. The van der Waals surface area contributed by atoms with E-state index in [2.05, 4.69) is 29.3 Å². The molecule has 2 aromatic rings. The highest BCUT2D eigenvalue weighted by Crippen LogP contribution is 2.24. The quantitative estimate of drug-likeness (QED) is 0.591. The van der Waals surface area contributed by atoms with Crippen molar-refractivity contribution in [3.05, 3.63) is 54.1 Å². The number of carbonyl (C=O) groups is 1. The van der Waals surface area contributed by atoms with Crippen molar-refractivity contribution < 1.29 is 19.0 Å². The molecular formula is C25H34N2O4. The van der Waals surface area contributed by atoms with E-state index in [1.165, 1.54) is 18.4 Å². The number of nitrogens with zero attached hydrogens (tertiary/aromatic N) is 1. The fraction of sp³-hybridized carbons (Fsp3) is 0.480. The number of ether oxygens (including phenoxy) is 3. The van der Waals surface area contributed by atoms with Crippen LogP contribution >= 0.6 is 0 Å². The lowest BCUT2D eigenvalue weighted by atomic mass is 9.92. The van der Waals surface area contributed by atoms with Crippen molar-refractivity contribution in [2.24, 2.45) is 0 Å². The largest absolute Gasteiger partial charge is 0.497 e. The fourth-order valence-electron chi connectivity index (χ4n) is 3.92. The maximum atomic E-state index is 12.7. The molecule has 1 N–H and O–H groups in total. The molecule has 1 amide bonds. The van der Waals surface area contributed by atoms with E-state index in [1.54, 1.807) is 14.2 Å². The third-order valence-electron chi connectivity index (χ3n) is 5.90. The van der Waals surface area contributed by atoms with Crippen LogP contribution in [0.15, 0.2) is 48.5 Å². The second-order valence-corrected chi connectivity index (χ2v) is 8.02. The van der Waals surface area contributed by atoms with Crippen molar-refractivity contribution in [3.63, 3.8) is 0 Å². The Balaban J connectivity index is 1.56. The second kappa shape index (κ2) is 11.6. The first kappa shape index (κ1) is 22.9. The molecule has 6 heteroatoms. The van der Waals surface area contributed by atoms with Crippen molar-refractivity contribution in [2.45, 2.75) is 38.1 Å². The van der Waals surface area contributed by atoms with Gasteiger partial charge in [0.1, 0.15) is 17.2 Å². The third kappa shape index (κ3) is 6.89. The van der Waals surface area contributed by atoms with Gasteiger partial charge in [0.15, 0.2) is 0 Å². The zero-order valence-electron chi connectivity index (χ0n) is 18.8. The first-order chi connectivity index (χ1) is 15.1. The molecule has 0 radical (unpaired) electrons. The molecule has 1 heterocycles. The van der Waals surface area contributed by atoms with Gasteiger partial charge >= 0.3 is 0 Å². The van der Waals surface area contributed by atoms with Crippen LogP contribution in [0.4, 0.5) is 0 Å². The fourth-order valence-corrected chi connectivity index (χ4v) is 3.92. The monoisotopic (exact) mass is 426 g/mol. The van der Waals surface area contributed by atoms with Crippen LogP contribution in [0, 0.1) is 0 Å². The summed E-state index contributed by atoms with van der Waals surface area (Å²) in [4.78, 5) is 15.1. The molecule has 0 aromatic heterocycles. The molecule has 6 nitrogen and oxygen atoms in total. The molecule has 0 unspecified atom stereocenters. The Kier molecular flexibility index (Phi) is 8.59. The van der Waals surface area contributed by atoms with Crippen LogP contribution < -0.4 is 19.5 Å². The minimum Gasteiger partial charge on any atom is -0.497 e. The van der Waals surface area contributed by atoms with Gasteiger partial charge < -0.3 is 24.4 Å². The van der Waals surface area contributed by atoms with Gasteiger partial charge in [-0.15, -0.1) is 0 Å². The maximum absolute atomic E-state index is 12.7. The summed E-state index contributed by atoms with van der Waals surface area (Å²) in [7, 11) is 3.30. The number of methoxy groups -OCH3 is 2. The van der Waals surface area contributed by atoms with Crippen LogP contribution in [0.5, 0.6) is 17.2 Å². The Hall–Kier alpha value is -2.73. The van der Waals surface area contributed by atoms with Gasteiger partial charge in [-0.25, -0.2) is 0 Å². The summed E-state index contributed by atoms with van der Waals surface area (Å²) in [6, 6.07) is 15.5. The maximum Gasteiger partial charge on any atom is 0.223 e. The molecule has 1 aliphatic rings. The van der Waals surface area contributed by atoms with E-state index in [0.29, 0.717) is 13.0 Å². The van der Waals surface area contributed by atoms with E-state index in [9.17, 15) is 4.79 Å². The zero-order chi connectivity index (χ0) is 22.1. The summed E-state index contributed by atoms with van der Waals surface area (Å²) in [6.07, 6.45) is 2.78. The lowest BCUT2D eigenvalue weighted by Gasteiger charge is -2.30. The van der Waals surface area contributed by atoms with E-state index in [-0.39, 0.29) is 17.9 Å². The molecule has 0 saturated carbocycles. The van der Waals surface area contributed by atoms with Crippen molar-refractivity contribution in [1.29, 1.82) is 0 Å². The summed E-state index contributed by atoms with van der Waals surface area (Å²) in [6.45, 7) is 5.57. The summed E-state index contributed by atoms with van der Waals surface area (Å²) in [5, 5.41) is 3.26. The summed E-state index contributed by atoms with van der Waals surface area (Å²) >= 11 is 0. The third-order valence-corrected chi connectivity index (χ3v) is 5.90. The molecule has 0 spiro atoms. The Labute approximate surface area is 185 Å². The van der Waals surface area contributed by atoms with Gasteiger partial charge in [-0.1, -0.05) is 19.1 Å². The minimum atomic E-state index is 0.0121. The molecule has 1 saturated heterocycles. The van der Waals surface area contributed by atoms with Crippen molar-refractivity contribution in [2.75, 3.05) is 40.5 Å².